The first-order valence-corrected chi connectivity index (χ1v) is 11.9. The molecule has 0 spiro atoms. The van der Waals surface area contributed by atoms with Crippen molar-refractivity contribution in [3.63, 3.8) is 0 Å². The number of benzene rings is 2. The van der Waals surface area contributed by atoms with Gasteiger partial charge in [0.15, 0.2) is 0 Å². The van der Waals surface area contributed by atoms with E-state index < -0.39 is 10.0 Å². The molecule has 2 aliphatic rings. The van der Waals surface area contributed by atoms with Crippen molar-refractivity contribution in [2.24, 2.45) is 11.8 Å². The summed E-state index contributed by atoms with van der Waals surface area (Å²) >= 11 is 0. The van der Waals surface area contributed by atoms with Crippen molar-refractivity contribution in [3.8, 4) is 0 Å². The number of sulfonamides is 1. The van der Waals surface area contributed by atoms with E-state index in [4.69, 9.17) is 0 Å². The van der Waals surface area contributed by atoms with Gasteiger partial charge in [0.05, 0.1) is 4.90 Å². The van der Waals surface area contributed by atoms with E-state index >= 15 is 0 Å². The number of amides is 1. The van der Waals surface area contributed by atoms with Gasteiger partial charge in [0.2, 0.25) is 0 Å². The lowest BCUT2D eigenvalue weighted by molar-refractivity contribution is 0.0521. The highest BCUT2D eigenvalue weighted by molar-refractivity contribution is 7.92. The maximum absolute atomic E-state index is 12.9. The first-order valence-electron chi connectivity index (χ1n) is 10.4. The summed E-state index contributed by atoms with van der Waals surface area (Å²) in [7, 11) is -3.68. The van der Waals surface area contributed by atoms with E-state index in [9.17, 15) is 13.2 Å². The molecule has 2 fully saturated rings. The van der Waals surface area contributed by atoms with E-state index in [-0.39, 0.29) is 10.8 Å². The molecule has 0 radical (unpaired) electrons. The summed E-state index contributed by atoms with van der Waals surface area (Å²) in [5.41, 5.74) is 2.13. The molecule has 29 heavy (non-hydrogen) atoms. The topological polar surface area (TPSA) is 66.5 Å². The number of carbonyl (C=O) groups is 1. The van der Waals surface area contributed by atoms with Crippen LogP contribution in [0.4, 0.5) is 5.69 Å². The van der Waals surface area contributed by atoms with E-state index in [1.807, 2.05) is 24.0 Å². The third-order valence-corrected chi connectivity index (χ3v) is 7.69. The number of piperidine rings is 1. The quantitative estimate of drug-likeness (QED) is 0.807. The highest BCUT2D eigenvalue weighted by Crippen LogP contribution is 2.36. The van der Waals surface area contributed by atoms with Crippen LogP contribution in [0, 0.1) is 18.8 Å². The molecule has 2 aromatic rings. The van der Waals surface area contributed by atoms with Crippen molar-refractivity contribution in [3.05, 3.63) is 59.7 Å². The zero-order valence-electron chi connectivity index (χ0n) is 16.8. The van der Waals surface area contributed by atoms with Gasteiger partial charge in [-0.2, -0.15) is 0 Å². The van der Waals surface area contributed by atoms with Crippen LogP contribution < -0.4 is 4.72 Å². The minimum Gasteiger partial charge on any atom is -0.338 e. The van der Waals surface area contributed by atoms with Crippen LogP contribution >= 0.6 is 0 Å². The van der Waals surface area contributed by atoms with Crippen molar-refractivity contribution in [2.45, 2.75) is 43.9 Å². The Bertz CT molecular complexity index is 968. The second kappa shape index (κ2) is 8.19. The number of hydrogen-bond donors (Lipinski definition) is 1. The second-order valence-corrected chi connectivity index (χ2v) is 10.0. The summed E-state index contributed by atoms with van der Waals surface area (Å²) in [4.78, 5) is 15.0. The standard InChI is InChI=1S/C23H28N2O3S/c1-17-6-10-21(11-7-17)24-29(27,28)22-12-8-19(9-13-22)23(26)25-15-14-18-4-2-3-5-20(18)16-25/h6-13,18,20,24H,2-5,14-16H2,1H3/t18-,20+/m1/s1. The van der Waals surface area contributed by atoms with Gasteiger partial charge < -0.3 is 4.90 Å². The van der Waals surface area contributed by atoms with Crippen molar-refractivity contribution < 1.29 is 13.2 Å². The number of hydrogen-bond acceptors (Lipinski definition) is 3. The molecule has 1 aliphatic carbocycles. The van der Waals surface area contributed by atoms with Gasteiger partial charge in [-0.25, -0.2) is 8.42 Å². The van der Waals surface area contributed by atoms with Crippen molar-refractivity contribution in [2.75, 3.05) is 17.8 Å². The van der Waals surface area contributed by atoms with Gasteiger partial charge in [-0.15, -0.1) is 0 Å². The highest BCUT2D eigenvalue weighted by Gasteiger charge is 2.33. The fourth-order valence-electron chi connectivity index (χ4n) is 4.58. The van der Waals surface area contributed by atoms with E-state index in [1.54, 1.807) is 24.3 Å². The predicted molar refractivity (Wildman–Crippen MR) is 114 cm³/mol. The fourth-order valence-corrected chi connectivity index (χ4v) is 5.64. The molecule has 1 saturated carbocycles. The summed E-state index contributed by atoms with van der Waals surface area (Å²) in [6.45, 7) is 3.58. The van der Waals surface area contributed by atoms with Gasteiger partial charge in [0, 0.05) is 24.3 Å². The number of carbonyl (C=O) groups excluding carboxylic acids is 1. The zero-order valence-corrected chi connectivity index (χ0v) is 17.6. The Morgan fingerprint density at radius 3 is 2.28 bits per heavy atom. The second-order valence-electron chi connectivity index (χ2n) is 8.34. The SMILES string of the molecule is Cc1ccc(NS(=O)(=O)c2ccc(C(=O)N3CC[C@H]4CCCC[C@H]4C3)cc2)cc1. The largest absolute Gasteiger partial charge is 0.338 e. The monoisotopic (exact) mass is 412 g/mol. The lowest BCUT2D eigenvalue weighted by atomic mass is 9.75. The fraction of sp³-hybridized carbons (Fsp3) is 0.435. The third-order valence-electron chi connectivity index (χ3n) is 6.29. The lowest BCUT2D eigenvalue weighted by Gasteiger charge is -2.41. The zero-order chi connectivity index (χ0) is 20.4. The van der Waals surface area contributed by atoms with Gasteiger partial charge in [-0.3, -0.25) is 9.52 Å². The Labute approximate surface area is 173 Å². The normalized spacial score (nSPS) is 22.0. The minimum atomic E-state index is -3.68. The number of likely N-dealkylation sites (tertiary alicyclic amines) is 1. The number of nitrogens with zero attached hydrogens (tertiary/aromatic N) is 1. The van der Waals surface area contributed by atoms with Crippen LogP contribution in [0.2, 0.25) is 0 Å². The average Bonchev–Trinajstić information content (AvgIpc) is 2.74. The first-order chi connectivity index (χ1) is 13.9. The van der Waals surface area contributed by atoms with Crippen LogP contribution in [0.1, 0.15) is 48.0 Å². The molecule has 6 heteroatoms. The molecule has 5 nitrogen and oxygen atoms in total. The van der Waals surface area contributed by atoms with Crippen LogP contribution in [-0.4, -0.2) is 32.3 Å². The molecule has 0 aromatic heterocycles. The van der Waals surface area contributed by atoms with Gasteiger partial charge in [-0.1, -0.05) is 37.0 Å². The number of nitrogens with one attached hydrogen (secondary N) is 1. The Hall–Kier alpha value is -2.34. The number of fused-ring (bicyclic) bond motifs is 1. The van der Waals surface area contributed by atoms with E-state index in [0.29, 0.717) is 17.2 Å². The first kappa shape index (κ1) is 20.0. The summed E-state index contributed by atoms with van der Waals surface area (Å²) in [5.74, 6) is 1.40. The average molecular weight is 413 g/mol. The Morgan fingerprint density at radius 2 is 1.59 bits per heavy atom. The van der Waals surface area contributed by atoms with Crippen LogP contribution in [-0.2, 0) is 10.0 Å². The molecule has 4 rings (SSSR count). The number of aryl methyl sites for hydroxylation is 1. The van der Waals surface area contributed by atoms with E-state index in [0.717, 1.165) is 31.0 Å². The lowest BCUT2D eigenvalue weighted by Crippen LogP contribution is -2.44. The summed E-state index contributed by atoms with van der Waals surface area (Å²) in [6.07, 6.45) is 6.19. The number of anilines is 1. The van der Waals surface area contributed by atoms with E-state index in [1.165, 1.54) is 37.8 Å². The van der Waals surface area contributed by atoms with Gasteiger partial charge >= 0.3 is 0 Å². The summed E-state index contributed by atoms with van der Waals surface area (Å²) < 4.78 is 27.8. The molecule has 1 saturated heterocycles. The van der Waals surface area contributed by atoms with Crippen LogP contribution in [0.3, 0.4) is 0 Å². The molecule has 1 heterocycles. The molecule has 1 aliphatic heterocycles. The Balaban J connectivity index is 1.44. The number of rotatable bonds is 4. The maximum atomic E-state index is 12.9. The molecule has 2 aromatic carbocycles. The van der Waals surface area contributed by atoms with Crippen molar-refractivity contribution in [1.82, 2.24) is 4.90 Å². The van der Waals surface area contributed by atoms with E-state index in [2.05, 4.69) is 4.72 Å². The minimum absolute atomic E-state index is 0.00413. The van der Waals surface area contributed by atoms with Crippen molar-refractivity contribution >= 4 is 21.6 Å². The Morgan fingerprint density at radius 1 is 0.931 bits per heavy atom. The molecule has 0 bridgehead atoms. The third kappa shape index (κ3) is 4.47. The molecule has 1 N–H and O–H groups in total. The van der Waals surface area contributed by atoms with Gasteiger partial charge in [0.25, 0.3) is 15.9 Å². The van der Waals surface area contributed by atoms with Crippen molar-refractivity contribution in [1.29, 1.82) is 0 Å². The molecule has 2 atom stereocenters. The molecule has 0 unspecified atom stereocenters. The maximum Gasteiger partial charge on any atom is 0.261 e. The molecular formula is C23H28N2O3S. The van der Waals surface area contributed by atoms with Crippen LogP contribution in [0.25, 0.3) is 0 Å². The van der Waals surface area contributed by atoms with Crippen LogP contribution in [0.5, 0.6) is 0 Å². The Kier molecular flexibility index (Phi) is 5.63. The summed E-state index contributed by atoms with van der Waals surface area (Å²) in [5, 5.41) is 0. The van der Waals surface area contributed by atoms with Crippen LogP contribution in [0.15, 0.2) is 53.4 Å². The van der Waals surface area contributed by atoms with Gasteiger partial charge in [-0.05, 0) is 68.0 Å². The smallest absolute Gasteiger partial charge is 0.261 e. The highest BCUT2D eigenvalue weighted by atomic mass is 32.2. The predicted octanol–water partition coefficient (Wildman–Crippen LogP) is 4.45. The summed E-state index contributed by atoms with van der Waals surface area (Å²) in [6, 6.07) is 13.5. The molecular weight excluding hydrogens is 384 g/mol. The van der Waals surface area contributed by atoms with Gasteiger partial charge in [0.1, 0.15) is 0 Å². The molecule has 1 amide bonds. The molecule has 154 valence electrons.